The Morgan fingerprint density at radius 2 is 0.742 bits per heavy atom. The van der Waals surface area contributed by atoms with Crippen LogP contribution in [0.3, 0.4) is 0 Å². The van der Waals surface area contributed by atoms with Gasteiger partial charge in [-0.05, 0) is 109 Å². The molecule has 2 aliphatic rings. The molecule has 11 aromatic rings. The van der Waals surface area contributed by atoms with Gasteiger partial charge in [-0.2, -0.15) is 4.98 Å². The van der Waals surface area contributed by atoms with E-state index < -0.39 is 0 Å². The number of hydrogen-bond donors (Lipinski definition) is 0. The third-order valence-corrected chi connectivity index (χ3v) is 13.0. The highest BCUT2D eigenvalue weighted by atomic mass is 16.4. The normalized spacial score (nSPS) is 12.5. The largest absolute Gasteiger partial charge is 0.416 e. The Kier molecular flexibility index (Phi) is 8.84. The molecule has 0 aliphatic carbocycles. The van der Waals surface area contributed by atoms with E-state index in [4.69, 9.17) is 9.40 Å². The Morgan fingerprint density at radius 3 is 1.18 bits per heavy atom. The quantitative estimate of drug-likeness (QED) is 0.149. The van der Waals surface area contributed by atoms with Crippen LogP contribution in [0.15, 0.2) is 235 Å². The zero-order valence-electron chi connectivity index (χ0n) is 35.7. The maximum Gasteiger partial charge on any atom is 0.266 e. The van der Waals surface area contributed by atoms with Crippen LogP contribution in [-0.4, -0.2) is 21.7 Å². The number of anilines is 6. The van der Waals surface area contributed by atoms with Crippen LogP contribution in [0.4, 0.5) is 34.1 Å². The molecule has 0 unspecified atom stereocenters. The van der Waals surface area contributed by atoms with Gasteiger partial charge >= 0.3 is 0 Å². The number of aromatic nitrogens is 3. The second-order valence-electron chi connectivity index (χ2n) is 16.8. The number of fused-ring (bicyclic) bond motifs is 5. The summed E-state index contributed by atoms with van der Waals surface area (Å²) in [7, 11) is 0. The minimum Gasteiger partial charge on any atom is -0.416 e. The fourth-order valence-electron chi connectivity index (χ4n) is 9.97. The molecule has 13 rings (SSSR count). The van der Waals surface area contributed by atoms with Gasteiger partial charge in [0.15, 0.2) is 0 Å². The van der Waals surface area contributed by atoms with Gasteiger partial charge in [0.1, 0.15) is 0 Å². The first-order valence-electron chi connectivity index (χ1n) is 22.3. The lowest BCUT2D eigenvalue weighted by Gasteiger charge is -2.44. The molecule has 0 amide bonds. The van der Waals surface area contributed by atoms with Gasteiger partial charge in [0.05, 0.1) is 0 Å². The number of oxazole rings is 1. The van der Waals surface area contributed by atoms with Crippen molar-refractivity contribution in [3.8, 4) is 56.0 Å². The van der Waals surface area contributed by atoms with Gasteiger partial charge in [0.2, 0.25) is 11.5 Å². The minimum absolute atomic E-state index is 0.131. The third kappa shape index (κ3) is 6.32. The molecule has 0 fully saturated rings. The van der Waals surface area contributed by atoms with Crippen molar-refractivity contribution in [2.75, 3.05) is 9.80 Å². The van der Waals surface area contributed by atoms with Crippen LogP contribution in [0.5, 0.6) is 0 Å². The van der Waals surface area contributed by atoms with Crippen molar-refractivity contribution >= 4 is 68.6 Å². The van der Waals surface area contributed by atoms with E-state index >= 15 is 0 Å². The molecule has 66 heavy (non-hydrogen) atoms. The van der Waals surface area contributed by atoms with Crippen LogP contribution in [0.25, 0.3) is 67.3 Å². The molecule has 2 aromatic heterocycles. The molecule has 0 bridgehead atoms. The fraction of sp³-hybridized carbons (Fsp3) is 0. The minimum atomic E-state index is -0.131. The predicted molar refractivity (Wildman–Crippen MR) is 271 cm³/mol. The van der Waals surface area contributed by atoms with Crippen molar-refractivity contribution < 1.29 is 4.42 Å². The SMILES string of the molecule is c1ccc(-c2ccc(N3c4ccc(-c5ccccc5)cc4B4c5cc(-c6ccccc6)ccc5N(c5ccc(-c6ccccc6)cc5)c5cc(-c6nc7nccnc7o6)cc3c54)cc2)cc1. The van der Waals surface area contributed by atoms with Gasteiger partial charge in [-0.15, -0.1) is 0 Å². The highest BCUT2D eigenvalue weighted by Crippen LogP contribution is 2.47. The Bertz CT molecular complexity index is 3350. The molecule has 0 saturated carbocycles. The van der Waals surface area contributed by atoms with E-state index in [0.717, 1.165) is 50.8 Å². The van der Waals surface area contributed by atoms with E-state index in [1.54, 1.807) is 12.4 Å². The van der Waals surface area contributed by atoms with Gasteiger partial charge < -0.3 is 14.2 Å². The molecule has 0 atom stereocenters. The van der Waals surface area contributed by atoms with E-state index in [9.17, 15) is 0 Å². The third-order valence-electron chi connectivity index (χ3n) is 13.0. The summed E-state index contributed by atoms with van der Waals surface area (Å²) < 4.78 is 6.45. The van der Waals surface area contributed by atoms with Crippen molar-refractivity contribution in [1.82, 2.24) is 15.0 Å². The number of nitrogens with zero attached hydrogens (tertiary/aromatic N) is 5. The highest BCUT2D eigenvalue weighted by Gasteiger charge is 2.44. The van der Waals surface area contributed by atoms with Crippen molar-refractivity contribution in [3.63, 3.8) is 0 Å². The van der Waals surface area contributed by atoms with E-state index in [0.29, 0.717) is 17.3 Å². The molecule has 0 radical (unpaired) electrons. The molecule has 0 saturated heterocycles. The number of rotatable bonds is 7. The summed E-state index contributed by atoms with van der Waals surface area (Å²) in [5.74, 6) is 0.459. The predicted octanol–water partition coefficient (Wildman–Crippen LogP) is 13.0. The average Bonchev–Trinajstić information content (AvgIpc) is 3.84. The zero-order valence-corrected chi connectivity index (χ0v) is 35.7. The van der Waals surface area contributed by atoms with Crippen molar-refractivity contribution in [2.24, 2.45) is 0 Å². The maximum absolute atomic E-state index is 6.45. The molecular formula is C59H38BN5O. The first-order valence-corrected chi connectivity index (χ1v) is 22.3. The topological polar surface area (TPSA) is 58.3 Å². The highest BCUT2D eigenvalue weighted by molar-refractivity contribution is 7.00. The van der Waals surface area contributed by atoms with Crippen molar-refractivity contribution in [3.05, 3.63) is 231 Å². The molecule has 7 heteroatoms. The van der Waals surface area contributed by atoms with Crippen molar-refractivity contribution in [1.29, 1.82) is 0 Å². The van der Waals surface area contributed by atoms with Crippen molar-refractivity contribution in [2.45, 2.75) is 0 Å². The summed E-state index contributed by atoms with van der Waals surface area (Å²) in [5, 5.41) is 0. The molecule has 6 nitrogen and oxygen atoms in total. The van der Waals surface area contributed by atoms with Gasteiger partial charge in [0, 0.05) is 52.1 Å². The first kappa shape index (κ1) is 37.7. The molecule has 2 aliphatic heterocycles. The summed E-state index contributed by atoms with van der Waals surface area (Å²) in [6, 6.07) is 78.9. The Balaban J connectivity index is 1.11. The summed E-state index contributed by atoms with van der Waals surface area (Å²) >= 11 is 0. The Labute approximate surface area is 382 Å². The van der Waals surface area contributed by atoms with Crippen LogP contribution in [0, 0.1) is 0 Å². The Morgan fingerprint density at radius 1 is 0.348 bits per heavy atom. The standard InChI is InChI=1S/C59H38BN5O/c1-5-13-39(14-6-1)43-21-27-48(28-22-43)64-52-31-25-45(41-17-9-3-10-18-41)35-50(52)60-51-36-46(42-19-11-4-12-20-42)26-32-53(51)65(49-29-23-44(24-30-49)40-15-7-2-8-16-40)55-38-47(37-54(64)56(55)60)58-63-57-59(66-58)62-34-33-61-57/h1-38H. The van der Waals surface area contributed by atoms with Crippen LogP contribution in [0.2, 0.25) is 0 Å². The average molecular weight is 844 g/mol. The smallest absolute Gasteiger partial charge is 0.266 e. The van der Waals surface area contributed by atoms with Crippen LogP contribution in [0.1, 0.15) is 0 Å². The second-order valence-corrected chi connectivity index (χ2v) is 16.8. The summed E-state index contributed by atoms with van der Waals surface area (Å²) in [5.41, 5.74) is 21.1. The monoisotopic (exact) mass is 843 g/mol. The first-order chi connectivity index (χ1) is 32.7. The van der Waals surface area contributed by atoms with Gasteiger partial charge in [0.25, 0.3) is 12.4 Å². The molecular weight excluding hydrogens is 805 g/mol. The van der Waals surface area contributed by atoms with E-state index in [1.807, 2.05) is 0 Å². The summed E-state index contributed by atoms with van der Waals surface area (Å²) in [6.07, 6.45) is 3.29. The number of benzene rings is 9. The van der Waals surface area contributed by atoms with Crippen LogP contribution >= 0.6 is 0 Å². The molecule has 0 spiro atoms. The lowest BCUT2D eigenvalue weighted by molar-refractivity contribution is 0.607. The van der Waals surface area contributed by atoms with Gasteiger partial charge in [-0.3, -0.25) is 0 Å². The second kappa shape index (κ2) is 15.5. The molecule has 0 N–H and O–H groups in total. The van der Waals surface area contributed by atoms with E-state index in [2.05, 4.69) is 238 Å². The summed E-state index contributed by atoms with van der Waals surface area (Å²) in [6.45, 7) is -0.131. The van der Waals surface area contributed by atoms with Crippen LogP contribution < -0.4 is 26.2 Å². The molecule has 4 heterocycles. The van der Waals surface area contributed by atoms with Gasteiger partial charge in [-0.25, -0.2) is 9.97 Å². The van der Waals surface area contributed by atoms with E-state index in [-0.39, 0.29) is 6.71 Å². The Hall–Kier alpha value is -8.81. The molecule has 308 valence electrons. The lowest BCUT2D eigenvalue weighted by Crippen LogP contribution is -2.61. The maximum atomic E-state index is 6.45. The summed E-state index contributed by atoms with van der Waals surface area (Å²) in [4.78, 5) is 18.8. The zero-order chi connectivity index (χ0) is 43.6. The van der Waals surface area contributed by atoms with Gasteiger partial charge in [-0.1, -0.05) is 170 Å². The van der Waals surface area contributed by atoms with Crippen LogP contribution in [-0.2, 0) is 0 Å². The molecule has 9 aromatic carbocycles. The van der Waals surface area contributed by atoms with E-state index in [1.165, 1.54) is 49.8 Å². The fourth-order valence-corrected chi connectivity index (χ4v) is 9.97. The number of hydrogen-bond acceptors (Lipinski definition) is 6. The lowest BCUT2D eigenvalue weighted by atomic mass is 9.33.